The van der Waals surface area contributed by atoms with E-state index in [0.717, 1.165) is 5.39 Å². The number of hydrogen-bond acceptors (Lipinski definition) is 5. The Balaban J connectivity index is 2.65. The highest BCUT2D eigenvalue weighted by atomic mass is 15.4. The number of aromatic nitrogens is 6. The number of hydrogen-bond donors (Lipinski definition) is 1. The molecule has 0 saturated carbocycles. The average molecular weight is 172 g/mol. The highest BCUT2D eigenvalue weighted by molar-refractivity contribution is 5.97. The highest BCUT2D eigenvalue weighted by Crippen LogP contribution is 2.14. The van der Waals surface area contributed by atoms with E-state index in [-0.39, 0.29) is 0 Å². The molecule has 1 N–H and O–H groups in total. The van der Waals surface area contributed by atoms with E-state index in [1.165, 1.54) is 0 Å². The van der Waals surface area contributed by atoms with E-state index in [0.29, 0.717) is 16.8 Å². The first kappa shape index (κ1) is 6.41. The van der Waals surface area contributed by atoms with Crippen molar-refractivity contribution in [3.05, 3.63) is 18.3 Å². The number of nitrogens with one attached hydrogen (secondary N) is 1. The summed E-state index contributed by atoms with van der Waals surface area (Å²) < 4.78 is 0. The molecule has 0 saturated heterocycles. The number of aromatic amines is 1. The normalized spacial score (nSPS) is 11.1. The number of rotatable bonds is 0. The van der Waals surface area contributed by atoms with Crippen molar-refractivity contribution in [2.75, 3.05) is 0 Å². The summed E-state index contributed by atoms with van der Waals surface area (Å²) in [7, 11) is 0. The largest absolute Gasteiger partial charge is 0.235 e. The topological polar surface area (TPSA) is 80.2 Å². The van der Waals surface area contributed by atoms with E-state index >= 15 is 0 Å². The molecule has 0 bridgehead atoms. The number of nitrogens with zero attached hydrogens (tertiary/aromatic N) is 5. The molecule has 3 aromatic rings. The van der Waals surface area contributed by atoms with E-state index in [1.54, 1.807) is 6.20 Å². The predicted molar refractivity (Wildman–Crippen MR) is 44.8 cm³/mol. The third-order valence-corrected chi connectivity index (χ3v) is 1.81. The van der Waals surface area contributed by atoms with E-state index in [9.17, 15) is 0 Å². The van der Waals surface area contributed by atoms with Crippen LogP contribution in [0.15, 0.2) is 18.3 Å². The molecule has 0 atom stereocenters. The molecule has 3 rings (SSSR count). The first-order valence-corrected chi connectivity index (χ1v) is 3.73. The second-order valence-electron chi connectivity index (χ2n) is 2.57. The van der Waals surface area contributed by atoms with Crippen LogP contribution in [-0.2, 0) is 0 Å². The van der Waals surface area contributed by atoms with Gasteiger partial charge in [0.25, 0.3) is 0 Å². The van der Waals surface area contributed by atoms with Gasteiger partial charge in [-0.3, -0.25) is 0 Å². The Morgan fingerprint density at radius 1 is 1.08 bits per heavy atom. The fourth-order valence-electron chi connectivity index (χ4n) is 1.23. The summed E-state index contributed by atoms with van der Waals surface area (Å²) in [5.74, 6) is 0. The maximum absolute atomic E-state index is 4.06. The fourth-order valence-corrected chi connectivity index (χ4v) is 1.23. The van der Waals surface area contributed by atoms with Gasteiger partial charge in [0.2, 0.25) is 5.65 Å². The second-order valence-corrected chi connectivity index (χ2v) is 2.57. The molecule has 62 valence electrons. The molecule has 0 amide bonds. The number of fused-ring (bicyclic) bond motifs is 3. The van der Waals surface area contributed by atoms with Gasteiger partial charge in [-0.15, -0.1) is 15.3 Å². The molecule has 0 radical (unpaired) electrons. The zero-order valence-electron chi connectivity index (χ0n) is 6.47. The van der Waals surface area contributed by atoms with Crippen molar-refractivity contribution in [1.29, 1.82) is 0 Å². The highest BCUT2D eigenvalue weighted by Gasteiger charge is 2.05. The van der Waals surface area contributed by atoms with Crippen molar-refractivity contribution in [3.8, 4) is 0 Å². The van der Waals surface area contributed by atoms with Gasteiger partial charge in [0.15, 0.2) is 5.65 Å². The molecule has 13 heavy (non-hydrogen) atoms. The molecule has 0 aromatic carbocycles. The molecule has 6 heteroatoms. The van der Waals surface area contributed by atoms with Crippen LogP contribution in [0.1, 0.15) is 0 Å². The van der Waals surface area contributed by atoms with Crippen LogP contribution in [0.2, 0.25) is 0 Å². The van der Waals surface area contributed by atoms with Gasteiger partial charge in [0.05, 0.1) is 5.39 Å². The molecule has 3 heterocycles. The summed E-state index contributed by atoms with van der Waals surface area (Å²) in [6, 6.07) is 3.72. The Kier molecular flexibility index (Phi) is 1.08. The standard InChI is InChI=1S/C7H4N6/c1-2-4-5-7(12-13-9-5)11-10-6(4)8-3-1/h1-3H,(H,9,11,12,13). The Labute approximate surface area is 72.0 Å². The third kappa shape index (κ3) is 0.792. The minimum atomic E-state index is 0.514. The molecule has 0 fully saturated rings. The second kappa shape index (κ2) is 2.19. The zero-order valence-corrected chi connectivity index (χ0v) is 6.47. The van der Waals surface area contributed by atoms with Crippen LogP contribution in [0, 0.1) is 0 Å². The summed E-state index contributed by atoms with van der Waals surface area (Å²) >= 11 is 0. The number of pyridine rings is 1. The maximum atomic E-state index is 4.06. The molecule has 0 aliphatic carbocycles. The fraction of sp³-hybridized carbons (Fsp3) is 0. The first-order chi connectivity index (χ1) is 6.45. The van der Waals surface area contributed by atoms with Gasteiger partial charge in [-0.2, -0.15) is 10.3 Å². The summed E-state index contributed by atoms with van der Waals surface area (Å²) in [5, 5.41) is 18.9. The van der Waals surface area contributed by atoms with Crippen LogP contribution < -0.4 is 0 Å². The van der Waals surface area contributed by atoms with Crippen molar-refractivity contribution in [2.45, 2.75) is 0 Å². The van der Waals surface area contributed by atoms with E-state index in [1.807, 2.05) is 12.1 Å². The monoisotopic (exact) mass is 172 g/mol. The van der Waals surface area contributed by atoms with Crippen LogP contribution in [0.3, 0.4) is 0 Å². The van der Waals surface area contributed by atoms with Crippen molar-refractivity contribution >= 4 is 22.2 Å². The lowest BCUT2D eigenvalue weighted by Gasteiger charge is -1.92. The summed E-state index contributed by atoms with van der Waals surface area (Å²) in [5.41, 5.74) is 1.81. The average Bonchev–Trinajstić information content (AvgIpc) is 2.65. The minimum absolute atomic E-state index is 0.514. The summed E-state index contributed by atoms with van der Waals surface area (Å²) in [4.78, 5) is 4.06. The molecule has 6 nitrogen and oxygen atoms in total. The first-order valence-electron chi connectivity index (χ1n) is 3.73. The van der Waals surface area contributed by atoms with Crippen molar-refractivity contribution < 1.29 is 0 Å². The Bertz CT molecular complexity index is 571. The molecular weight excluding hydrogens is 168 g/mol. The summed E-state index contributed by atoms with van der Waals surface area (Å²) in [6.45, 7) is 0. The molecule has 0 aliphatic heterocycles. The minimum Gasteiger partial charge on any atom is -0.235 e. The zero-order chi connectivity index (χ0) is 8.67. The van der Waals surface area contributed by atoms with E-state index in [2.05, 4.69) is 30.6 Å². The Hall–Kier alpha value is -2.11. The van der Waals surface area contributed by atoms with Gasteiger partial charge >= 0.3 is 0 Å². The van der Waals surface area contributed by atoms with Gasteiger partial charge < -0.3 is 0 Å². The molecule has 0 aliphatic rings. The van der Waals surface area contributed by atoms with Gasteiger partial charge in [-0.1, -0.05) is 0 Å². The van der Waals surface area contributed by atoms with Crippen LogP contribution >= 0.6 is 0 Å². The lowest BCUT2D eigenvalue weighted by molar-refractivity contribution is 0.947. The third-order valence-electron chi connectivity index (χ3n) is 1.81. The lowest BCUT2D eigenvalue weighted by Crippen LogP contribution is -1.88. The van der Waals surface area contributed by atoms with Gasteiger partial charge in [0, 0.05) is 6.20 Å². The van der Waals surface area contributed by atoms with Crippen molar-refractivity contribution in [3.63, 3.8) is 0 Å². The predicted octanol–water partition coefficient (Wildman–Crippen LogP) is 0.296. The van der Waals surface area contributed by atoms with Crippen molar-refractivity contribution in [1.82, 2.24) is 30.6 Å². The Morgan fingerprint density at radius 3 is 3.00 bits per heavy atom. The smallest absolute Gasteiger partial charge is 0.223 e. The SMILES string of the molecule is c1cnc2nnc3n[nH]nc3c2c1. The van der Waals surface area contributed by atoms with Crippen LogP contribution in [-0.4, -0.2) is 30.6 Å². The van der Waals surface area contributed by atoms with E-state index < -0.39 is 0 Å². The molecule has 0 unspecified atom stereocenters. The lowest BCUT2D eigenvalue weighted by atomic mass is 10.3. The Morgan fingerprint density at radius 2 is 2.00 bits per heavy atom. The van der Waals surface area contributed by atoms with Crippen LogP contribution in [0.5, 0.6) is 0 Å². The van der Waals surface area contributed by atoms with Crippen LogP contribution in [0.25, 0.3) is 22.2 Å². The van der Waals surface area contributed by atoms with Gasteiger partial charge in [-0.05, 0) is 12.1 Å². The molecular formula is C7H4N6. The van der Waals surface area contributed by atoms with E-state index in [4.69, 9.17) is 0 Å². The maximum Gasteiger partial charge on any atom is 0.223 e. The quantitative estimate of drug-likeness (QED) is 0.527. The summed E-state index contributed by atoms with van der Waals surface area (Å²) in [6.07, 6.45) is 1.67. The number of H-pyrrole nitrogens is 1. The molecule has 0 spiro atoms. The van der Waals surface area contributed by atoms with Crippen molar-refractivity contribution in [2.24, 2.45) is 0 Å². The van der Waals surface area contributed by atoms with Gasteiger partial charge in [-0.25, -0.2) is 4.98 Å². The molecule has 3 aromatic heterocycles. The van der Waals surface area contributed by atoms with Crippen LogP contribution in [0.4, 0.5) is 0 Å². The van der Waals surface area contributed by atoms with Gasteiger partial charge in [0.1, 0.15) is 5.52 Å².